The van der Waals surface area contributed by atoms with E-state index in [1.54, 1.807) is 0 Å². The zero-order valence-corrected chi connectivity index (χ0v) is 20.3. The molecule has 0 aliphatic rings. The van der Waals surface area contributed by atoms with Crippen molar-refractivity contribution < 1.29 is 0 Å². The van der Waals surface area contributed by atoms with E-state index in [0.29, 0.717) is 0 Å². The lowest BCUT2D eigenvalue weighted by molar-refractivity contribution is 1.84. The summed E-state index contributed by atoms with van der Waals surface area (Å²) < 4.78 is 0. The average Bonchev–Trinajstić information content (AvgIpc) is 1.95. The highest BCUT2D eigenvalue weighted by molar-refractivity contribution is 8.29. The van der Waals surface area contributed by atoms with Crippen LogP contribution >= 0.6 is 66.5 Å². The number of hydrogen-bond acceptors (Lipinski definition) is 0. The topological polar surface area (TPSA) is 0 Å². The van der Waals surface area contributed by atoms with Crippen LogP contribution in [0.1, 0.15) is 0 Å². The first-order valence-corrected chi connectivity index (χ1v) is 28.2. The van der Waals surface area contributed by atoms with Gasteiger partial charge in [0.1, 0.15) is 0 Å². The van der Waals surface area contributed by atoms with Gasteiger partial charge >= 0.3 is 5.52 Å². The molecule has 0 amide bonds. The highest BCUT2D eigenvalue weighted by Gasteiger charge is 2.75. The SMILES string of the molecule is C[Si](C)(C)[Si](Cl)(Cl)[Si](Cl)([Si](C)(C)C)[Si](Cl)(Cl)Cl. The van der Waals surface area contributed by atoms with Gasteiger partial charge in [-0.15, -0.1) is 33.2 Å². The maximum absolute atomic E-state index is 6.97. The molecule has 0 N–H and O–H groups in total. The van der Waals surface area contributed by atoms with Gasteiger partial charge in [-0.2, -0.15) is 33.2 Å². The van der Waals surface area contributed by atoms with Gasteiger partial charge < -0.3 is 0 Å². The number of hydrogen-bond donors (Lipinski definition) is 0. The van der Waals surface area contributed by atoms with Crippen molar-refractivity contribution in [1.82, 2.24) is 0 Å². The Kier molecular flexibility index (Phi) is 6.47. The Morgan fingerprint density at radius 1 is 0.529 bits per heavy atom. The minimum atomic E-state index is -3.08. The van der Waals surface area contributed by atoms with E-state index in [9.17, 15) is 0 Å². The Morgan fingerprint density at radius 2 is 0.824 bits per heavy atom. The van der Waals surface area contributed by atoms with E-state index in [1.165, 1.54) is 0 Å². The van der Waals surface area contributed by atoms with Gasteiger partial charge in [0.05, 0.1) is 15.2 Å². The van der Waals surface area contributed by atoms with E-state index in [0.717, 1.165) is 0 Å². The van der Waals surface area contributed by atoms with Crippen LogP contribution in [0.25, 0.3) is 0 Å². The van der Waals surface area contributed by atoms with Gasteiger partial charge in [-0.25, -0.2) is 0 Å². The zero-order valence-electron chi connectivity index (χ0n) is 10.8. The molecule has 0 nitrogen and oxygen atoms in total. The third-order valence-electron chi connectivity index (χ3n) is 2.80. The second-order valence-corrected chi connectivity index (χ2v) is 69.2. The molecule has 0 rings (SSSR count). The van der Waals surface area contributed by atoms with Gasteiger partial charge in [-0.05, 0) is 0 Å². The summed E-state index contributed by atoms with van der Waals surface area (Å²) in [4.78, 5) is 0. The van der Waals surface area contributed by atoms with Crippen molar-refractivity contribution in [2.24, 2.45) is 0 Å². The number of halogens is 6. The van der Waals surface area contributed by atoms with Crippen LogP contribution in [-0.4, -0.2) is 32.4 Å². The molecule has 0 saturated heterocycles. The Labute approximate surface area is 137 Å². The molecule has 0 aromatic heterocycles. The van der Waals surface area contributed by atoms with Crippen LogP contribution in [0.2, 0.25) is 39.3 Å². The molecular formula is C6H18Cl6Si5. The van der Waals surface area contributed by atoms with Gasteiger partial charge in [-0.3, -0.25) is 0 Å². The van der Waals surface area contributed by atoms with E-state index >= 15 is 0 Å². The Bertz CT molecular complexity index is 273. The lowest BCUT2D eigenvalue weighted by Gasteiger charge is -2.49. The summed E-state index contributed by atoms with van der Waals surface area (Å²) in [6.07, 6.45) is 0. The summed E-state index contributed by atoms with van der Waals surface area (Å²) in [7, 11) is -3.71. The molecule has 0 aliphatic carbocycles. The Morgan fingerprint density at radius 3 is 0.882 bits per heavy atom. The van der Waals surface area contributed by atoms with E-state index in [-0.39, 0.29) is 0 Å². The smallest absolute Gasteiger partial charge is 0.170 e. The van der Waals surface area contributed by atoms with Crippen LogP contribution in [0, 0.1) is 0 Å². The highest BCUT2D eigenvalue weighted by atomic mass is 35.9. The van der Waals surface area contributed by atoms with Crippen molar-refractivity contribution in [2.75, 3.05) is 0 Å². The van der Waals surface area contributed by atoms with Crippen LogP contribution in [0.5, 0.6) is 0 Å². The first-order valence-electron chi connectivity index (χ1n) is 5.13. The maximum Gasteiger partial charge on any atom is 0.339 e. The van der Waals surface area contributed by atoms with Crippen molar-refractivity contribution in [2.45, 2.75) is 39.3 Å². The molecule has 104 valence electrons. The van der Waals surface area contributed by atoms with Gasteiger partial charge in [0.15, 0.2) is 0 Å². The van der Waals surface area contributed by atoms with Crippen LogP contribution in [0.4, 0.5) is 0 Å². The minimum Gasteiger partial charge on any atom is -0.170 e. The van der Waals surface area contributed by atoms with Gasteiger partial charge in [0.2, 0.25) is 11.7 Å². The molecule has 0 aromatic carbocycles. The van der Waals surface area contributed by atoms with E-state index < -0.39 is 32.4 Å². The lowest BCUT2D eigenvalue weighted by atomic mass is 11.8. The molecular weight excluding hydrogens is 425 g/mol. The fourth-order valence-electron chi connectivity index (χ4n) is 1.59. The van der Waals surface area contributed by atoms with E-state index in [1.807, 2.05) is 0 Å². The normalized spacial score (nSPS) is 19.1. The van der Waals surface area contributed by atoms with Gasteiger partial charge in [0, 0.05) is 0 Å². The second-order valence-electron chi connectivity index (χ2n) is 6.23. The monoisotopic (exact) mass is 440 g/mol. The summed E-state index contributed by atoms with van der Waals surface area (Å²) in [6.45, 7) is 12.8. The minimum absolute atomic E-state index is 1.82. The molecule has 17 heavy (non-hydrogen) atoms. The molecule has 0 spiro atoms. The summed E-state index contributed by atoms with van der Waals surface area (Å²) in [5, 5.41) is 0. The fraction of sp³-hybridized carbons (Fsp3) is 1.00. The van der Waals surface area contributed by atoms with Gasteiger partial charge in [-0.1, -0.05) is 39.3 Å². The largest absolute Gasteiger partial charge is 0.339 e. The molecule has 1 unspecified atom stereocenters. The molecule has 0 heterocycles. The first kappa shape index (κ1) is 19.8. The second kappa shape index (κ2) is 5.55. The third-order valence-corrected chi connectivity index (χ3v) is 120. The summed E-state index contributed by atoms with van der Waals surface area (Å²) in [5.41, 5.74) is -5.79. The molecule has 0 bridgehead atoms. The molecule has 11 heteroatoms. The first-order chi connectivity index (χ1) is 7.00. The number of rotatable bonds is 4. The molecule has 0 radical (unpaired) electrons. The van der Waals surface area contributed by atoms with Crippen molar-refractivity contribution in [1.29, 1.82) is 0 Å². The molecule has 1 atom stereocenters. The third kappa shape index (κ3) is 3.54. The predicted molar refractivity (Wildman–Crippen MR) is 99.1 cm³/mol. The summed E-state index contributed by atoms with van der Waals surface area (Å²) >= 11 is 39.6. The molecule has 0 aromatic rings. The van der Waals surface area contributed by atoms with Crippen molar-refractivity contribution in [3.63, 3.8) is 0 Å². The van der Waals surface area contributed by atoms with Crippen molar-refractivity contribution >= 4 is 98.8 Å². The van der Waals surface area contributed by atoms with Crippen LogP contribution < -0.4 is 0 Å². The van der Waals surface area contributed by atoms with Crippen LogP contribution in [0.3, 0.4) is 0 Å². The molecule has 0 saturated carbocycles. The van der Waals surface area contributed by atoms with Gasteiger partial charge in [0.25, 0.3) is 0 Å². The van der Waals surface area contributed by atoms with Crippen molar-refractivity contribution in [3.8, 4) is 0 Å². The quantitative estimate of drug-likeness (QED) is 0.384. The highest BCUT2D eigenvalue weighted by Crippen LogP contribution is 2.51. The predicted octanol–water partition coefficient (Wildman–Crippen LogP) is 5.74. The average molecular weight is 443 g/mol. The lowest BCUT2D eigenvalue weighted by Crippen LogP contribution is -2.82. The Hall–Kier alpha value is 2.82. The Balaban J connectivity index is 6.04. The van der Waals surface area contributed by atoms with E-state index in [4.69, 9.17) is 66.5 Å². The van der Waals surface area contributed by atoms with E-state index in [2.05, 4.69) is 39.3 Å². The fourth-order valence-corrected chi connectivity index (χ4v) is 158. The molecule has 0 fully saturated rings. The standard InChI is InChI=1S/C6H18Cl6Si5/c1-13(2,3)16(10,11)17(12,14(4,5)6)15(7,8)9/h1-6H3. The maximum atomic E-state index is 6.97. The zero-order chi connectivity index (χ0) is 14.5. The molecule has 0 aliphatic heterocycles. The van der Waals surface area contributed by atoms with Crippen LogP contribution in [-0.2, 0) is 0 Å². The summed E-state index contributed by atoms with van der Waals surface area (Å²) in [5.74, 6) is -2.74. The van der Waals surface area contributed by atoms with Crippen LogP contribution in [0.15, 0.2) is 0 Å². The summed E-state index contributed by atoms with van der Waals surface area (Å²) in [6, 6.07) is 0. The van der Waals surface area contributed by atoms with Crippen molar-refractivity contribution in [3.05, 3.63) is 0 Å².